The third-order valence-electron chi connectivity index (χ3n) is 2.88. The maximum Gasteiger partial charge on any atom is 0.257 e. The number of nitrogens with one attached hydrogen (secondary N) is 2. The second-order valence-electron chi connectivity index (χ2n) is 4.56. The van der Waals surface area contributed by atoms with Crippen LogP contribution in [0.1, 0.15) is 37.9 Å². The first kappa shape index (κ1) is 15.5. The fourth-order valence-electron chi connectivity index (χ4n) is 1.93. The van der Waals surface area contributed by atoms with E-state index in [0.29, 0.717) is 6.54 Å². The van der Waals surface area contributed by atoms with E-state index in [1.807, 2.05) is 19.9 Å². The number of aryl methyl sites for hydroxylation is 1. The van der Waals surface area contributed by atoms with E-state index in [1.54, 1.807) is 0 Å². The molecule has 4 heteroatoms. The first-order valence-electron chi connectivity index (χ1n) is 6.81. The van der Waals surface area contributed by atoms with Crippen molar-refractivity contribution in [3.05, 3.63) is 29.3 Å². The molecule has 0 radical (unpaired) electrons. The molecule has 106 valence electrons. The number of hydrogen-bond acceptors (Lipinski definition) is 3. The molecule has 0 heterocycles. The van der Waals surface area contributed by atoms with Crippen LogP contribution in [0.3, 0.4) is 0 Å². The number of benzene rings is 1. The summed E-state index contributed by atoms with van der Waals surface area (Å²) >= 11 is 0. The number of carbonyl (C=O) groups is 1. The Morgan fingerprint density at radius 1 is 1.32 bits per heavy atom. The lowest BCUT2D eigenvalue weighted by atomic mass is 10.0. The molecule has 0 aromatic heterocycles. The van der Waals surface area contributed by atoms with Crippen molar-refractivity contribution < 1.29 is 9.53 Å². The van der Waals surface area contributed by atoms with E-state index in [9.17, 15) is 4.79 Å². The highest BCUT2D eigenvalue weighted by Crippen LogP contribution is 2.26. The Balaban J connectivity index is 2.79. The van der Waals surface area contributed by atoms with E-state index in [4.69, 9.17) is 4.74 Å². The number of ether oxygens (including phenoxy) is 1. The summed E-state index contributed by atoms with van der Waals surface area (Å²) in [6, 6.07) is 6.29. The molecular weight excluding hydrogens is 240 g/mol. The minimum atomic E-state index is -0.0916. The molecule has 19 heavy (non-hydrogen) atoms. The van der Waals surface area contributed by atoms with Gasteiger partial charge in [0, 0.05) is 18.2 Å². The van der Waals surface area contributed by atoms with Crippen LogP contribution in [0.4, 0.5) is 0 Å². The van der Waals surface area contributed by atoms with Crippen LogP contribution in [-0.2, 0) is 4.79 Å². The van der Waals surface area contributed by atoms with Crippen molar-refractivity contribution in [1.29, 1.82) is 0 Å². The highest BCUT2D eigenvalue weighted by molar-refractivity contribution is 5.77. The summed E-state index contributed by atoms with van der Waals surface area (Å²) < 4.78 is 5.65. The molecule has 1 aromatic rings. The van der Waals surface area contributed by atoms with E-state index in [-0.39, 0.29) is 18.6 Å². The lowest BCUT2D eigenvalue weighted by molar-refractivity contribution is -0.123. The second-order valence-corrected chi connectivity index (χ2v) is 4.56. The predicted octanol–water partition coefficient (Wildman–Crippen LogP) is 2.18. The standard InChI is InChI=1S/C15H24N2O2/c1-5-16-12(4)13-8-7-11(3)9-14(13)19-10-15(18)17-6-2/h7-9,12,16H,5-6,10H2,1-4H3,(H,17,18). The zero-order valence-corrected chi connectivity index (χ0v) is 12.2. The number of carbonyl (C=O) groups excluding carboxylic acids is 1. The minimum Gasteiger partial charge on any atom is -0.483 e. The number of likely N-dealkylation sites (N-methyl/N-ethyl adjacent to an activating group) is 1. The predicted molar refractivity (Wildman–Crippen MR) is 77.4 cm³/mol. The molecule has 2 N–H and O–H groups in total. The monoisotopic (exact) mass is 264 g/mol. The van der Waals surface area contributed by atoms with Gasteiger partial charge in [0.15, 0.2) is 6.61 Å². The summed E-state index contributed by atoms with van der Waals surface area (Å²) in [5.41, 5.74) is 2.20. The number of hydrogen-bond donors (Lipinski definition) is 2. The summed E-state index contributed by atoms with van der Waals surface area (Å²) in [5, 5.41) is 6.08. The molecule has 0 spiro atoms. The normalized spacial score (nSPS) is 12.0. The SMILES string of the molecule is CCNC(=O)COc1cc(C)ccc1C(C)NCC. The third kappa shape index (κ3) is 4.91. The molecule has 1 unspecified atom stereocenters. The van der Waals surface area contributed by atoms with Gasteiger partial charge in [0.05, 0.1) is 0 Å². The highest BCUT2D eigenvalue weighted by Gasteiger charge is 2.12. The van der Waals surface area contributed by atoms with Crippen molar-refractivity contribution in [3.8, 4) is 5.75 Å². The second kappa shape index (κ2) is 7.79. The Labute approximate surface area is 115 Å². The Morgan fingerprint density at radius 3 is 2.68 bits per heavy atom. The molecule has 4 nitrogen and oxygen atoms in total. The molecule has 0 aliphatic carbocycles. The molecule has 0 saturated heterocycles. The first-order valence-corrected chi connectivity index (χ1v) is 6.81. The summed E-state index contributed by atoms with van der Waals surface area (Å²) in [6.07, 6.45) is 0. The fourth-order valence-corrected chi connectivity index (χ4v) is 1.93. The van der Waals surface area contributed by atoms with Crippen molar-refractivity contribution in [2.24, 2.45) is 0 Å². The highest BCUT2D eigenvalue weighted by atomic mass is 16.5. The van der Waals surface area contributed by atoms with Gasteiger partial charge < -0.3 is 15.4 Å². The first-order chi connectivity index (χ1) is 9.08. The summed E-state index contributed by atoms with van der Waals surface area (Å²) in [4.78, 5) is 11.5. The number of amides is 1. The molecule has 0 saturated carbocycles. The molecule has 0 bridgehead atoms. The van der Waals surface area contributed by atoms with Crippen LogP contribution in [0.5, 0.6) is 5.75 Å². The maximum absolute atomic E-state index is 11.5. The smallest absolute Gasteiger partial charge is 0.257 e. The topological polar surface area (TPSA) is 50.4 Å². The Morgan fingerprint density at radius 2 is 2.05 bits per heavy atom. The molecule has 0 fully saturated rings. The van der Waals surface area contributed by atoms with Gasteiger partial charge in [-0.15, -0.1) is 0 Å². The Bertz CT molecular complexity index is 419. The van der Waals surface area contributed by atoms with Gasteiger partial charge >= 0.3 is 0 Å². The average molecular weight is 264 g/mol. The van der Waals surface area contributed by atoms with Gasteiger partial charge in [0.2, 0.25) is 0 Å². The van der Waals surface area contributed by atoms with Gasteiger partial charge in [0.25, 0.3) is 5.91 Å². The van der Waals surface area contributed by atoms with Gasteiger partial charge in [-0.25, -0.2) is 0 Å². The van der Waals surface area contributed by atoms with Crippen LogP contribution >= 0.6 is 0 Å². The fraction of sp³-hybridized carbons (Fsp3) is 0.533. The maximum atomic E-state index is 11.5. The van der Waals surface area contributed by atoms with Gasteiger partial charge in [0.1, 0.15) is 5.75 Å². The molecule has 1 aromatic carbocycles. The molecule has 0 aliphatic heterocycles. The van der Waals surface area contributed by atoms with Gasteiger partial charge in [-0.05, 0) is 38.9 Å². The largest absolute Gasteiger partial charge is 0.483 e. The van der Waals surface area contributed by atoms with Crippen molar-refractivity contribution in [1.82, 2.24) is 10.6 Å². The summed E-state index contributed by atoms with van der Waals surface area (Å²) in [6.45, 7) is 9.64. The zero-order valence-electron chi connectivity index (χ0n) is 12.2. The molecule has 0 aliphatic rings. The van der Waals surface area contributed by atoms with E-state index in [1.165, 1.54) is 0 Å². The van der Waals surface area contributed by atoms with Crippen molar-refractivity contribution in [3.63, 3.8) is 0 Å². The van der Waals surface area contributed by atoms with Crippen molar-refractivity contribution >= 4 is 5.91 Å². The molecule has 1 atom stereocenters. The summed E-state index contributed by atoms with van der Waals surface area (Å²) in [7, 11) is 0. The third-order valence-corrected chi connectivity index (χ3v) is 2.88. The van der Waals surface area contributed by atoms with E-state index in [0.717, 1.165) is 23.4 Å². The molecule has 1 rings (SSSR count). The van der Waals surface area contributed by atoms with Gasteiger partial charge in [-0.3, -0.25) is 4.79 Å². The van der Waals surface area contributed by atoms with Crippen LogP contribution < -0.4 is 15.4 Å². The van der Waals surface area contributed by atoms with E-state index >= 15 is 0 Å². The molecular formula is C15H24N2O2. The quantitative estimate of drug-likeness (QED) is 0.793. The van der Waals surface area contributed by atoms with Crippen LogP contribution in [-0.4, -0.2) is 25.6 Å². The van der Waals surface area contributed by atoms with Crippen LogP contribution in [0.25, 0.3) is 0 Å². The Kier molecular flexibility index (Phi) is 6.36. The molecule has 1 amide bonds. The van der Waals surface area contributed by atoms with Gasteiger partial charge in [-0.2, -0.15) is 0 Å². The van der Waals surface area contributed by atoms with E-state index < -0.39 is 0 Å². The van der Waals surface area contributed by atoms with Crippen LogP contribution in [0, 0.1) is 6.92 Å². The average Bonchev–Trinajstić information content (AvgIpc) is 2.37. The van der Waals surface area contributed by atoms with Crippen molar-refractivity contribution in [2.75, 3.05) is 19.7 Å². The lowest BCUT2D eigenvalue weighted by Crippen LogP contribution is -2.29. The van der Waals surface area contributed by atoms with Crippen LogP contribution in [0.2, 0.25) is 0 Å². The van der Waals surface area contributed by atoms with Gasteiger partial charge in [-0.1, -0.05) is 19.1 Å². The zero-order chi connectivity index (χ0) is 14.3. The van der Waals surface area contributed by atoms with Crippen LogP contribution in [0.15, 0.2) is 18.2 Å². The Hall–Kier alpha value is -1.55. The van der Waals surface area contributed by atoms with Crippen molar-refractivity contribution in [2.45, 2.75) is 33.7 Å². The lowest BCUT2D eigenvalue weighted by Gasteiger charge is -2.18. The van der Waals surface area contributed by atoms with E-state index in [2.05, 4.69) is 36.6 Å². The minimum absolute atomic E-state index is 0.0587. The summed E-state index contributed by atoms with van der Waals surface area (Å²) in [5.74, 6) is 0.686. The number of rotatable bonds is 7.